The second kappa shape index (κ2) is 9.96. The Hall–Kier alpha value is -2.77. The van der Waals surface area contributed by atoms with Crippen molar-refractivity contribution in [2.24, 2.45) is 0 Å². The van der Waals surface area contributed by atoms with Crippen LogP contribution in [0.1, 0.15) is 16.8 Å². The topological polar surface area (TPSA) is 61.8 Å². The molecule has 0 fully saturated rings. The van der Waals surface area contributed by atoms with Crippen molar-refractivity contribution in [3.8, 4) is 23.0 Å². The molecule has 0 saturated heterocycles. The molecule has 3 rings (SSSR count). The number of nitrogens with one attached hydrogen (secondary N) is 1. The van der Waals surface area contributed by atoms with E-state index in [0.29, 0.717) is 30.4 Å². The molecular weight excluding hydrogens is 376 g/mol. The molecule has 7 heteroatoms. The minimum atomic E-state index is 0.488. The first-order valence-corrected chi connectivity index (χ1v) is 9.76. The van der Waals surface area contributed by atoms with Gasteiger partial charge in [0.25, 0.3) is 0 Å². The minimum Gasteiger partial charge on any atom is -0.493 e. The average Bonchev–Trinajstić information content (AvgIpc) is 3.26. The van der Waals surface area contributed by atoms with Crippen LogP contribution in [0.4, 0.5) is 0 Å². The van der Waals surface area contributed by atoms with Gasteiger partial charge in [-0.3, -0.25) is 0 Å². The van der Waals surface area contributed by atoms with Crippen LogP contribution >= 0.6 is 11.3 Å². The van der Waals surface area contributed by atoms with Gasteiger partial charge in [-0.2, -0.15) is 0 Å². The van der Waals surface area contributed by atoms with Gasteiger partial charge in [-0.25, -0.2) is 4.98 Å². The number of ether oxygens (including phenoxy) is 4. The van der Waals surface area contributed by atoms with Crippen molar-refractivity contribution in [2.75, 3.05) is 21.3 Å². The molecule has 3 aromatic rings. The van der Waals surface area contributed by atoms with Crippen molar-refractivity contribution >= 4 is 11.3 Å². The summed E-state index contributed by atoms with van der Waals surface area (Å²) in [7, 11) is 4.84. The fourth-order valence-electron chi connectivity index (χ4n) is 2.76. The van der Waals surface area contributed by atoms with Crippen LogP contribution in [0.25, 0.3) is 0 Å². The zero-order valence-electron chi connectivity index (χ0n) is 16.2. The lowest BCUT2D eigenvalue weighted by Gasteiger charge is -2.14. The highest BCUT2D eigenvalue weighted by Crippen LogP contribution is 2.38. The lowest BCUT2D eigenvalue weighted by Crippen LogP contribution is -2.13. The quantitative estimate of drug-likeness (QED) is 0.554. The van der Waals surface area contributed by atoms with Gasteiger partial charge < -0.3 is 24.3 Å². The van der Waals surface area contributed by atoms with Gasteiger partial charge in [0.15, 0.2) is 11.5 Å². The number of hydrogen-bond acceptors (Lipinski definition) is 7. The van der Waals surface area contributed by atoms with E-state index in [0.717, 1.165) is 23.6 Å². The molecule has 0 unspecified atom stereocenters. The van der Waals surface area contributed by atoms with Gasteiger partial charge >= 0.3 is 0 Å². The van der Waals surface area contributed by atoms with E-state index in [2.05, 4.69) is 22.4 Å². The van der Waals surface area contributed by atoms with Crippen molar-refractivity contribution in [3.05, 3.63) is 64.1 Å². The summed E-state index contributed by atoms with van der Waals surface area (Å²) >= 11 is 1.57. The summed E-state index contributed by atoms with van der Waals surface area (Å²) in [6.07, 6.45) is 0. The van der Waals surface area contributed by atoms with E-state index in [4.69, 9.17) is 18.9 Å². The molecule has 0 aliphatic carbocycles. The van der Waals surface area contributed by atoms with Crippen LogP contribution in [0, 0.1) is 0 Å². The van der Waals surface area contributed by atoms with Gasteiger partial charge in [-0.1, -0.05) is 12.1 Å². The first-order valence-electron chi connectivity index (χ1n) is 8.82. The summed E-state index contributed by atoms with van der Waals surface area (Å²) in [6, 6.07) is 12.0. The fraction of sp³-hybridized carbons (Fsp3) is 0.286. The third kappa shape index (κ3) is 5.15. The summed E-state index contributed by atoms with van der Waals surface area (Å²) in [4.78, 5) is 4.21. The standard InChI is InChI=1S/C21H24N2O4S/c1-24-19-8-16(9-20(25-2)21(19)26-3)11-22-10-15-4-6-18(7-5-15)27-12-17-13-28-14-23-17/h4-9,13-14,22H,10-12H2,1-3H3. The third-order valence-electron chi connectivity index (χ3n) is 4.18. The summed E-state index contributed by atoms with van der Waals surface area (Å²) < 4.78 is 21.9. The summed E-state index contributed by atoms with van der Waals surface area (Å²) in [5, 5.41) is 5.42. The zero-order chi connectivity index (χ0) is 19.8. The summed E-state index contributed by atoms with van der Waals surface area (Å²) in [5.74, 6) is 2.74. The molecule has 148 valence electrons. The van der Waals surface area contributed by atoms with Crippen molar-refractivity contribution in [2.45, 2.75) is 19.7 Å². The Kier molecular flexibility index (Phi) is 7.11. The molecular formula is C21H24N2O4S. The van der Waals surface area contributed by atoms with E-state index in [-0.39, 0.29) is 0 Å². The number of benzene rings is 2. The minimum absolute atomic E-state index is 0.488. The largest absolute Gasteiger partial charge is 0.493 e. The Morgan fingerprint density at radius 2 is 1.57 bits per heavy atom. The number of methoxy groups -OCH3 is 3. The zero-order valence-corrected chi connectivity index (χ0v) is 17.0. The normalized spacial score (nSPS) is 10.5. The lowest BCUT2D eigenvalue weighted by atomic mass is 10.1. The second-order valence-electron chi connectivity index (χ2n) is 6.05. The first-order chi connectivity index (χ1) is 13.7. The molecule has 0 amide bonds. The Labute approximate surface area is 169 Å². The monoisotopic (exact) mass is 400 g/mol. The van der Waals surface area contributed by atoms with Crippen molar-refractivity contribution in [1.82, 2.24) is 10.3 Å². The Balaban J connectivity index is 1.53. The van der Waals surface area contributed by atoms with Crippen molar-refractivity contribution < 1.29 is 18.9 Å². The van der Waals surface area contributed by atoms with E-state index in [9.17, 15) is 0 Å². The number of thiazole rings is 1. The van der Waals surface area contributed by atoms with Gasteiger partial charge in [-0.05, 0) is 35.4 Å². The van der Waals surface area contributed by atoms with Gasteiger partial charge in [0.2, 0.25) is 5.75 Å². The van der Waals surface area contributed by atoms with Crippen LogP contribution in [0.3, 0.4) is 0 Å². The second-order valence-corrected chi connectivity index (χ2v) is 6.77. The van der Waals surface area contributed by atoms with Crippen molar-refractivity contribution in [1.29, 1.82) is 0 Å². The van der Waals surface area contributed by atoms with Gasteiger partial charge in [0.1, 0.15) is 12.4 Å². The molecule has 2 aromatic carbocycles. The molecule has 0 aliphatic rings. The predicted molar refractivity (Wildman–Crippen MR) is 110 cm³/mol. The van der Waals surface area contributed by atoms with E-state index in [1.54, 1.807) is 38.2 Å². The smallest absolute Gasteiger partial charge is 0.203 e. The molecule has 1 N–H and O–H groups in total. The van der Waals surface area contributed by atoms with Crippen molar-refractivity contribution in [3.63, 3.8) is 0 Å². The molecule has 0 bridgehead atoms. The van der Waals surface area contributed by atoms with E-state index in [1.165, 1.54) is 5.56 Å². The highest BCUT2D eigenvalue weighted by molar-refractivity contribution is 7.07. The fourth-order valence-corrected chi connectivity index (χ4v) is 3.30. The van der Waals surface area contributed by atoms with Crippen LogP contribution < -0.4 is 24.3 Å². The Bertz CT molecular complexity index is 842. The molecule has 1 heterocycles. The number of rotatable bonds is 10. The highest BCUT2D eigenvalue weighted by atomic mass is 32.1. The lowest BCUT2D eigenvalue weighted by molar-refractivity contribution is 0.302. The third-order valence-corrected chi connectivity index (χ3v) is 4.81. The Morgan fingerprint density at radius 1 is 0.893 bits per heavy atom. The summed E-state index contributed by atoms with van der Waals surface area (Å²) in [5.41, 5.74) is 4.98. The molecule has 0 saturated carbocycles. The van der Waals surface area contributed by atoms with Gasteiger partial charge in [-0.15, -0.1) is 11.3 Å². The first kappa shape index (κ1) is 20.0. The van der Waals surface area contributed by atoms with Gasteiger partial charge in [0, 0.05) is 18.5 Å². The van der Waals surface area contributed by atoms with Crippen LogP contribution in [-0.2, 0) is 19.7 Å². The number of aromatic nitrogens is 1. The summed E-state index contributed by atoms with van der Waals surface area (Å²) in [6.45, 7) is 1.91. The van der Waals surface area contributed by atoms with E-state index in [1.807, 2.05) is 29.6 Å². The molecule has 6 nitrogen and oxygen atoms in total. The van der Waals surface area contributed by atoms with E-state index >= 15 is 0 Å². The highest BCUT2D eigenvalue weighted by Gasteiger charge is 2.12. The number of hydrogen-bond donors (Lipinski definition) is 1. The Morgan fingerprint density at radius 3 is 2.14 bits per heavy atom. The maximum Gasteiger partial charge on any atom is 0.203 e. The molecule has 28 heavy (non-hydrogen) atoms. The molecule has 0 atom stereocenters. The van der Waals surface area contributed by atoms with Crippen LogP contribution in [0.2, 0.25) is 0 Å². The van der Waals surface area contributed by atoms with E-state index < -0.39 is 0 Å². The van der Waals surface area contributed by atoms with Gasteiger partial charge in [0.05, 0.1) is 32.5 Å². The number of nitrogens with zero attached hydrogens (tertiary/aromatic N) is 1. The maximum absolute atomic E-state index is 5.74. The molecule has 0 radical (unpaired) electrons. The van der Waals surface area contributed by atoms with Crippen LogP contribution in [0.5, 0.6) is 23.0 Å². The predicted octanol–water partition coefficient (Wildman–Crippen LogP) is 4.04. The SMILES string of the molecule is COc1cc(CNCc2ccc(OCc3cscn3)cc2)cc(OC)c1OC. The molecule has 0 spiro atoms. The average molecular weight is 401 g/mol. The maximum atomic E-state index is 5.74. The van der Waals surface area contributed by atoms with Crippen LogP contribution in [0.15, 0.2) is 47.3 Å². The van der Waals surface area contributed by atoms with Crippen LogP contribution in [-0.4, -0.2) is 26.3 Å². The molecule has 1 aromatic heterocycles. The molecule has 0 aliphatic heterocycles.